The Morgan fingerprint density at radius 3 is 2.53 bits per heavy atom. The number of amides is 1. The van der Waals surface area contributed by atoms with Gasteiger partial charge in [-0.3, -0.25) is 4.79 Å². The summed E-state index contributed by atoms with van der Waals surface area (Å²) in [7, 11) is 0. The summed E-state index contributed by atoms with van der Waals surface area (Å²) in [5, 5.41) is 8.73. The maximum Gasteiger partial charge on any atom is 0.356 e. The summed E-state index contributed by atoms with van der Waals surface area (Å²) < 4.78 is 5.45. The van der Waals surface area contributed by atoms with E-state index in [0.717, 1.165) is 6.20 Å². The third kappa shape index (κ3) is 2.87. The Morgan fingerprint density at radius 2 is 1.95 bits per heavy atom. The van der Waals surface area contributed by atoms with Gasteiger partial charge in [-0.1, -0.05) is 0 Å². The molecule has 1 aliphatic heterocycles. The maximum absolute atomic E-state index is 12.3. The topological polar surface area (TPSA) is 92.6 Å². The number of nitrogens with zero attached hydrogens (tertiary/aromatic N) is 3. The van der Waals surface area contributed by atoms with Gasteiger partial charge in [0.2, 0.25) is 0 Å². The van der Waals surface area contributed by atoms with Gasteiger partial charge in [0, 0.05) is 6.54 Å². The van der Waals surface area contributed by atoms with Crippen molar-refractivity contribution >= 4 is 11.9 Å². The van der Waals surface area contributed by atoms with E-state index in [1.54, 1.807) is 4.90 Å². The SMILES string of the molecule is CC1CN(C(=O)c2cnc(C(=O)O)cn2)C(C)CO1. The highest BCUT2D eigenvalue weighted by Crippen LogP contribution is 2.14. The first-order valence-corrected chi connectivity index (χ1v) is 5.97. The van der Waals surface area contributed by atoms with Gasteiger partial charge in [-0.05, 0) is 13.8 Å². The van der Waals surface area contributed by atoms with E-state index in [0.29, 0.717) is 13.2 Å². The van der Waals surface area contributed by atoms with Crippen LogP contribution >= 0.6 is 0 Å². The molecule has 0 aromatic carbocycles. The molecule has 1 saturated heterocycles. The van der Waals surface area contributed by atoms with E-state index in [2.05, 4.69) is 9.97 Å². The average Bonchev–Trinajstić information content (AvgIpc) is 2.41. The Hall–Kier alpha value is -2.02. The largest absolute Gasteiger partial charge is 0.476 e. The van der Waals surface area contributed by atoms with Crippen LogP contribution < -0.4 is 0 Å². The lowest BCUT2D eigenvalue weighted by Gasteiger charge is -2.36. The molecule has 7 heteroatoms. The number of aromatic nitrogens is 2. The Kier molecular flexibility index (Phi) is 3.75. The smallest absolute Gasteiger partial charge is 0.356 e. The van der Waals surface area contributed by atoms with E-state index in [9.17, 15) is 9.59 Å². The molecular formula is C12H15N3O4. The second-order valence-electron chi connectivity index (χ2n) is 4.54. The van der Waals surface area contributed by atoms with Crippen LogP contribution in [-0.2, 0) is 4.74 Å². The highest BCUT2D eigenvalue weighted by atomic mass is 16.5. The van der Waals surface area contributed by atoms with Gasteiger partial charge in [0.15, 0.2) is 5.69 Å². The Bertz CT molecular complexity index is 488. The zero-order valence-corrected chi connectivity index (χ0v) is 10.7. The molecule has 1 N–H and O–H groups in total. The highest BCUT2D eigenvalue weighted by molar-refractivity contribution is 5.93. The predicted octanol–water partition coefficient (Wildman–Crippen LogP) is 0.424. The molecule has 1 aliphatic rings. The Morgan fingerprint density at radius 1 is 1.32 bits per heavy atom. The maximum atomic E-state index is 12.3. The van der Waals surface area contributed by atoms with Crippen LogP contribution in [-0.4, -0.2) is 57.1 Å². The third-order valence-corrected chi connectivity index (χ3v) is 2.96. The molecule has 1 amide bonds. The number of carbonyl (C=O) groups excluding carboxylic acids is 1. The molecule has 7 nitrogen and oxygen atoms in total. The highest BCUT2D eigenvalue weighted by Gasteiger charge is 2.29. The first kappa shape index (κ1) is 13.4. The average molecular weight is 265 g/mol. The molecule has 2 atom stereocenters. The van der Waals surface area contributed by atoms with Crippen LogP contribution in [0, 0.1) is 0 Å². The van der Waals surface area contributed by atoms with Gasteiger partial charge in [0.05, 0.1) is 31.1 Å². The van der Waals surface area contributed by atoms with Crippen molar-refractivity contribution in [2.24, 2.45) is 0 Å². The van der Waals surface area contributed by atoms with E-state index in [1.165, 1.54) is 6.20 Å². The molecule has 2 unspecified atom stereocenters. The van der Waals surface area contributed by atoms with Gasteiger partial charge in [0.25, 0.3) is 5.91 Å². The molecule has 0 spiro atoms. The van der Waals surface area contributed by atoms with E-state index in [-0.39, 0.29) is 29.4 Å². The van der Waals surface area contributed by atoms with Crippen molar-refractivity contribution in [3.8, 4) is 0 Å². The fourth-order valence-electron chi connectivity index (χ4n) is 1.88. The van der Waals surface area contributed by atoms with Gasteiger partial charge in [-0.15, -0.1) is 0 Å². The Labute approximate surface area is 110 Å². The number of hydrogen-bond acceptors (Lipinski definition) is 5. The summed E-state index contributed by atoms with van der Waals surface area (Å²) in [5.41, 5.74) is -0.0362. The molecular weight excluding hydrogens is 250 g/mol. The molecule has 0 aliphatic carbocycles. The molecule has 0 saturated carbocycles. The van der Waals surface area contributed by atoms with Crippen LogP contribution in [0.25, 0.3) is 0 Å². The van der Waals surface area contributed by atoms with Crippen LogP contribution in [0.4, 0.5) is 0 Å². The van der Waals surface area contributed by atoms with Crippen LogP contribution in [0.3, 0.4) is 0 Å². The second-order valence-corrected chi connectivity index (χ2v) is 4.54. The van der Waals surface area contributed by atoms with Crippen LogP contribution in [0.15, 0.2) is 12.4 Å². The van der Waals surface area contributed by atoms with Crippen molar-refractivity contribution in [2.75, 3.05) is 13.2 Å². The molecule has 1 aromatic heterocycles. The molecule has 2 heterocycles. The quantitative estimate of drug-likeness (QED) is 0.833. The second kappa shape index (κ2) is 5.31. The fourth-order valence-corrected chi connectivity index (χ4v) is 1.88. The number of ether oxygens (including phenoxy) is 1. The molecule has 0 radical (unpaired) electrons. The summed E-state index contributed by atoms with van der Waals surface area (Å²) in [4.78, 5) is 32.1. The van der Waals surface area contributed by atoms with Crippen molar-refractivity contribution in [3.05, 3.63) is 23.8 Å². The summed E-state index contributed by atoms with van der Waals surface area (Å²) in [6.07, 6.45) is 2.26. The van der Waals surface area contributed by atoms with E-state index < -0.39 is 5.97 Å². The first-order chi connectivity index (χ1) is 8.99. The zero-order valence-electron chi connectivity index (χ0n) is 10.7. The van der Waals surface area contributed by atoms with Gasteiger partial charge >= 0.3 is 5.97 Å². The summed E-state index contributed by atoms with van der Waals surface area (Å²) in [6, 6.07) is -0.0374. The minimum Gasteiger partial charge on any atom is -0.476 e. The minimum atomic E-state index is -1.17. The van der Waals surface area contributed by atoms with Crippen molar-refractivity contribution in [2.45, 2.75) is 26.0 Å². The third-order valence-electron chi connectivity index (χ3n) is 2.96. The lowest BCUT2D eigenvalue weighted by atomic mass is 10.2. The van der Waals surface area contributed by atoms with Crippen molar-refractivity contribution < 1.29 is 19.4 Å². The number of rotatable bonds is 2. The lowest BCUT2D eigenvalue weighted by molar-refractivity contribution is -0.0389. The number of carbonyl (C=O) groups is 2. The summed E-state index contributed by atoms with van der Waals surface area (Å²) >= 11 is 0. The standard InChI is InChI=1S/C12H15N3O4/c1-7-6-19-8(2)5-15(7)11(16)9-3-14-10(4-13-9)12(17)18/h3-4,7-8H,5-6H2,1-2H3,(H,17,18). The molecule has 1 fully saturated rings. The molecule has 102 valence electrons. The van der Waals surface area contributed by atoms with Crippen molar-refractivity contribution in [3.63, 3.8) is 0 Å². The number of aromatic carboxylic acids is 1. The minimum absolute atomic E-state index is 0.0219. The first-order valence-electron chi connectivity index (χ1n) is 5.97. The monoisotopic (exact) mass is 265 g/mol. The molecule has 2 rings (SSSR count). The van der Waals surface area contributed by atoms with Gasteiger partial charge in [-0.25, -0.2) is 14.8 Å². The van der Waals surface area contributed by atoms with E-state index in [4.69, 9.17) is 9.84 Å². The van der Waals surface area contributed by atoms with Crippen LogP contribution in [0.1, 0.15) is 34.8 Å². The van der Waals surface area contributed by atoms with Crippen LogP contribution in [0.5, 0.6) is 0 Å². The molecule has 0 bridgehead atoms. The zero-order chi connectivity index (χ0) is 14.0. The van der Waals surface area contributed by atoms with E-state index in [1.807, 2.05) is 13.8 Å². The predicted molar refractivity (Wildman–Crippen MR) is 64.9 cm³/mol. The normalized spacial score (nSPS) is 23.2. The number of carboxylic acid groups (broad SMARTS) is 1. The summed E-state index contributed by atoms with van der Waals surface area (Å²) in [5.74, 6) is -1.42. The van der Waals surface area contributed by atoms with Crippen LogP contribution in [0.2, 0.25) is 0 Å². The number of morpholine rings is 1. The van der Waals surface area contributed by atoms with Crippen molar-refractivity contribution in [1.82, 2.24) is 14.9 Å². The van der Waals surface area contributed by atoms with Gasteiger partial charge in [-0.2, -0.15) is 0 Å². The number of hydrogen-bond donors (Lipinski definition) is 1. The van der Waals surface area contributed by atoms with Gasteiger partial charge < -0.3 is 14.7 Å². The summed E-state index contributed by atoms with van der Waals surface area (Å²) in [6.45, 7) is 4.75. The molecule has 1 aromatic rings. The van der Waals surface area contributed by atoms with Crippen molar-refractivity contribution in [1.29, 1.82) is 0 Å². The molecule has 19 heavy (non-hydrogen) atoms. The Balaban J connectivity index is 2.16. The number of carboxylic acids is 1. The lowest BCUT2D eigenvalue weighted by Crippen LogP contribution is -2.50. The fraction of sp³-hybridized carbons (Fsp3) is 0.500. The van der Waals surface area contributed by atoms with E-state index >= 15 is 0 Å². The van der Waals surface area contributed by atoms with Gasteiger partial charge in [0.1, 0.15) is 5.69 Å².